The quantitative estimate of drug-likeness (QED) is 0.192. The van der Waals surface area contributed by atoms with E-state index in [0.717, 1.165) is 5.92 Å². The minimum Gasteiger partial charge on any atom is -0.0654 e. The van der Waals surface area contributed by atoms with Crippen LogP contribution in [0.3, 0.4) is 0 Å². The monoisotopic (exact) mass is 453 g/mol. The highest BCUT2D eigenvalue weighted by Gasteiger charge is 2.28. The number of hydrogen-bond acceptors (Lipinski definition) is 0. The Morgan fingerprint density at radius 2 is 0.750 bits per heavy atom. The molecule has 0 N–H and O–H groups in total. The third kappa shape index (κ3) is 30.0. The van der Waals surface area contributed by atoms with E-state index in [9.17, 15) is 0 Å². The Morgan fingerprint density at radius 1 is 0.438 bits per heavy atom. The van der Waals surface area contributed by atoms with E-state index in [1.54, 1.807) is 0 Å². The molecule has 0 saturated carbocycles. The van der Waals surface area contributed by atoms with Crippen LogP contribution in [-0.2, 0) is 0 Å². The van der Waals surface area contributed by atoms with Gasteiger partial charge in [-0.15, -0.1) is 0 Å². The highest BCUT2D eigenvalue weighted by molar-refractivity contribution is 4.79. The second-order valence-electron chi connectivity index (χ2n) is 14.2. The number of unbranched alkanes of at least 4 members (excludes halogenated alkanes) is 13. The van der Waals surface area contributed by atoms with Gasteiger partial charge in [0.1, 0.15) is 0 Å². The van der Waals surface area contributed by atoms with Crippen LogP contribution in [0.1, 0.15) is 185 Å². The molecule has 0 aromatic heterocycles. The predicted octanol–water partition coefficient (Wildman–Crippen LogP) is 12.4. The molecule has 0 spiro atoms. The molecule has 1 unspecified atom stereocenters. The van der Waals surface area contributed by atoms with Crippen molar-refractivity contribution < 1.29 is 0 Å². The number of hydrogen-bond donors (Lipinski definition) is 0. The van der Waals surface area contributed by atoms with Gasteiger partial charge in [0.2, 0.25) is 0 Å². The normalized spacial score (nSPS) is 13.6. The van der Waals surface area contributed by atoms with Crippen LogP contribution in [0.5, 0.6) is 0 Å². The van der Waals surface area contributed by atoms with E-state index >= 15 is 0 Å². The van der Waals surface area contributed by atoms with Gasteiger partial charge in [0, 0.05) is 0 Å². The van der Waals surface area contributed by atoms with Gasteiger partial charge >= 0.3 is 0 Å². The molecule has 0 heterocycles. The first-order valence-electron chi connectivity index (χ1n) is 14.7. The van der Waals surface area contributed by atoms with Crippen molar-refractivity contribution in [1.82, 2.24) is 0 Å². The van der Waals surface area contributed by atoms with Crippen molar-refractivity contribution in [3.05, 3.63) is 0 Å². The zero-order valence-corrected chi connectivity index (χ0v) is 25.1. The maximum atomic E-state index is 2.43. The van der Waals surface area contributed by atoms with E-state index < -0.39 is 0 Å². The second-order valence-corrected chi connectivity index (χ2v) is 14.2. The average Bonchev–Trinajstić information content (AvgIpc) is 2.59. The fraction of sp³-hybridized carbons (Fsp3) is 1.00. The molecule has 32 heavy (non-hydrogen) atoms. The minimum atomic E-state index is 0.449. The van der Waals surface area contributed by atoms with Crippen LogP contribution >= 0.6 is 0 Å². The summed E-state index contributed by atoms with van der Waals surface area (Å²) in [6.45, 7) is 25.9. The number of rotatable bonds is 17. The Bertz CT molecular complexity index is 362. The molecule has 0 saturated heterocycles. The average molecular weight is 453 g/mol. The first kappa shape index (κ1) is 34.2. The van der Waals surface area contributed by atoms with E-state index in [4.69, 9.17) is 0 Å². The van der Waals surface area contributed by atoms with Gasteiger partial charge in [0.15, 0.2) is 0 Å². The molecule has 0 aliphatic carbocycles. The topological polar surface area (TPSA) is 0 Å². The molecule has 0 aliphatic rings. The highest BCUT2D eigenvalue weighted by atomic mass is 14.3. The summed E-state index contributed by atoms with van der Waals surface area (Å²) >= 11 is 0. The van der Waals surface area contributed by atoms with Crippen LogP contribution in [0.2, 0.25) is 0 Å². The summed E-state index contributed by atoms with van der Waals surface area (Å²) in [5, 5.41) is 0. The maximum absolute atomic E-state index is 2.43. The lowest BCUT2D eigenvalue weighted by atomic mass is 9.70. The fourth-order valence-corrected chi connectivity index (χ4v) is 5.84. The molecule has 196 valence electrons. The van der Waals surface area contributed by atoms with Gasteiger partial charge in [-0.3, -0.25) is 0 Å². The zero-order chi connectivity index (χ0) is 25.1. The standard InChI is InChI=1S/2C16H34/c1-13(10-14(2,3)4)11-16(8,9)12-15(5,6)7;1-3-5-7-9-11-13-15-16-14-12-10-8-6-4-2/h13H,10-12H2,1-9H3;3-16H2,1-2H3. The van der Waals surface area contributed by atoms with Crippen LogP contribution in [0, 0.1) is 22.2 Å². The Hall–Kier alpha value is 0. The van der Waals surface area contributed by atoms with Crippen LogP contribution < -0.4 is 0 Å². The van der Waals surface area contributed by atoms with Crippen LogP contribution in [0.25, 0.3) is 0 Å². The van der Waals surface area contributed by atoms with Crippen molar-refractivity contribution in [2.24, 2.45) is 22.2 Å². The van der Waals surface area contributed by atoms with Gasteiger partial charge in [0.25, 0.3) is 0 Å². The Balaban J connectivity index is 0. The first-order valence-corrected chi connectivity index (χ1v) is 14.7. The smallest absolute Gasteiger partial charge is 0.0347 e. The molecule has 0 fully saturated rings. The van der Waals surface area contributed by atoms with Crippen molar-refractivity contribution >= 4 is 0 Å². The van der Waals surface area contributed by atoms with Gasteiger partial charge in [-0.05, 0) is 41.4 Å². The van der Waals surface area contributed by atoms with Crippen LogP contribution in [0.15, 0.2) is 0 Å². The molecule has 0 aromatic rings. The third-order valence-electron chi connectivity index (χ3n) is 6.33. The molecule has 0 radical (unpaired) electrons. The van der Waals surface area contributed by atoms with E-state index in [-0.39, 0.29) is 0 Å². The molecule has 0 nitrogen and oxygen atoms in total. The van der Waals surface area contributed by atoms with Gasteiger partial charge < -0.3 is 0 Å². The van der Waals surface area contributed by atoms with Gasteiger partial charge in [0.05, 0.1) is 0 Å². The zero-order valence-electron chi connectivity index (χ0n) is 25.1. The fourth-order valence-electron chi connectivity index (χ4n) is 5.84. The van der Waals surface area contributed by atoms with E-state index in [2.05, 4.69) is 76.2 Å². The lowest BCUT2D eigenvalue weighted by molar-refractivity contribution is 0.156. The second kappa shape index (κ2) is 19.3. The first-order chi connectivity index (χ1) is 14.7. The molecular weight excluding hydrogens is 384 g/mol. The summed E-state index contributed by atoms with van der Waals surface area (Å²) in [5.41, 5.74) is 1.39. The predicted molar refractivity (Wildman–Crippen MR) is 152 cm³/mol. The highest BCUT2D eigenvalue weighted by Crippen LogP contribution is 2.40. The van der Waals surface area contributed by atoms with Crippen molar-refractivity contribution in [2.75, 3.05) is 0 Å². The summed E-state index contributed by atoms with van der Waals surface area (Å²) in [6.07, 6.45) is 24.4. The van der Waals surface area contributed by atoms with Gasteiger partial charge in [-0.2, -0.15) is 0 Å². The molecule has 0 aliphatic heterocycles. The lowest BCUT2D eigenvalue weighted by Gasteiger charge is -2.36. The summed E-state index contributed by atoms with van der Waals surface area (Å²) in [4.78, 5) is 0. The SMILES string of the molecule is CC(CC(C)(C)C)CC(C)(C)CC(C)(C)C.CCCCCCCCCCCCCCCC. The lowest BCUT2D eigenvalue weighted by Crippen LogP contribution is -2.24. The Morgan fingerprint density at radius 3 is 1.00 bits per heavy atom. The molecule has 0 bridgehead atoms. The molecule has 0 aromatic carbocycles. The molecule has 0 heteroatoms. The summed E-state index contributed by atoms with van der Waals surface area (Å²) < 4.78 is 0. The van der Waals surface area contributed by atoms with Gasteiger partial charge in [-0.1, -0.05) is 166 Å². The summed E-state index contributed by atoms with van der Waals surface area (Å²) in [6, 6.07) is 0. The molecular formula is C32H68. The molecule has 0 rings (SSSR count). The van der Waals surface area contributed by atoms with Crippen molar-refractivity contribution in [2.45, 2.75) is 185 Å². The van der Waals surface area contributed by atoms with Crippen molar-refractivity contribution in [3.8, 4) is 0 Å². The molecule has 1 atom stereocenters. The van der Waals surface area contributed by atoms with Crippen LogP contribution in [0.4, 0.5) is 0 Å². The largest absolute Gasteiger partial charge is 0.0654 e. The Labute approximate surface area is 207 Å². The maximum Gasteiger partial charge on any atom is -0.0347 e. The summed E-state index contributed by atoms with van der Waals surface area (Å²) in [5.74, 6) is 0.831. The van der Waals surface area contributed by atoms with E-state index in [1.165, 1.54) is 109 Å². The minimum absolute atomic E-state index is 0.449. The van der Waals surface area contributed by atoms with E-state index in [0.29, 0.717) is 16.2 Å². The van der Waals surface area contributed by atoms with Gasteiger partial charge in [-0.25, -0.2) is 0 Å². The summed E-state index contributed by atoms with van der Waals surface area (Å²) in [7, 11) is 0. The van der Waals surface area contributed by atoms with Crippen molar-refractivity contribution in [1.29, 1.82) is 0 Å². The Kier molecular flexibility index (Phi) is 20.6. The molecule has 0 amide bonds. The third-order valence-corrected chi connectivity index (χ3v) is 6.33. The van der Waals surface area contributed by atoms with Crippen LogP contribution in [-0.4, -0.2) is 0 Å². The van der Waals surface area contributed by atoms with Crippen molar-refractivity contribution in [3.63, 3.8) is 0 Å². The van der Waals surface area contributed by atoms with E-state index in [1.807, 2.05) is 0 Å².